The second kappa shape index (κ2) is 9.48. The van der Waals surface area contributed by atoms with E-state index in [4.69, 9.17) is 4.74 Å². The van der Waals surface area contributed by atoms with Crippen LogP contribution in [0.5, 0.6) is 0 Å². The van der Waals surface area contributed by atoms with Gasteiger partial charge in [0.15, 0.2) is 0 Å². The van der Waals surface area contributed by atoms with Crippen LogP contribution in [0.15, 0.2) is 17.6 Å². The van der Waals surface area contributed by atoms with Crippen LogP contribution in [-0.4, -0.2) is 43.1 Å². The van der Waals surface area contributed by atoms with Crippen molar-refractivity contribution in [1.82, 2.24) is 9.62 Å². The van der Waals surface area contributed by atoms with Crippen molar-refractivity contribution in [2.24, 2.45) is 0 Å². The van der Waals surface area contributed by atoms with Gasteiger partial charge >= 0.3 is 12.1 Å². The molecule has 1 saturated heterocycles. The molecule has 8 nitrogen and oxygen atoms in total. The standard InChI is InChI=1S/C26H37N3O5S/c1-25(2,3)34-24(31)29-15-7-13-26(29,4)14-8-16-35(32,33)28-23(30)27-22-20-11-5-9-18(20)17-19-10-6-12-21(19)22/h8,16-17H,5-7,9-15H2,1-4H3,(H2,27,28,30)/b16-8+/t26-/m1/s1. The van der Waals surface area contributed by atoms with E-state index in [0.29, 0.717) is 13.0 Å². The Morgan fingerprint density at radius 1 is 1.09 bits per heavy atom. The normalized spacial score (nSPS) is 21.8. The number of hydrogen-bond donors (Lipinski definition) is 2. The average molecular weight is 504 g/mol. The molecule has 0 radical (unpaired) electrons. The quantitative estimate of drug-likeness (QED) is 0.600. The van der Waals surface area contributed by atoms with Crippen LogP contribution in [0.2, 0.25) is 0 Å². The van der Waals surface area contributed by atoms with Gasteiger partial charge in [0.25, 0.3) is 10.0 Å². The van der Waals surface area contributed by atoms with Crippen molar-refractivity contribution in [3.63, 3.8) is 0 Å². The Labute approximate surface area is 208 Å². The molecule has 9 heteroatoms. The lowest BCUT2D eigenvalue weighted by molar-refractivity contribution is 0.0111. The third kappa shape index (κ3) is 5.82. The third-order valence-electron chi connectivity index (χ3n) is 7.14. The fourth-order valence-corrected chi connectivity index (χ4v) is 6.29. The molecule has 3 aliphatic rings. The zero-order chi connectivity index (χ0) is 25.4. The number of aryl methyl sites for hydroxylation is 2. The Balaban J connectivity index is 1.39. The van der Waals surface area contributed by atoms with Crippen LogP contribution in [0.1, 0.15) is 82.1 Å². The fraction of sp³-hybridized carbons (Fsp3) is 0.615. The summed E-state index contributed by atoms with van der Waals surface area (Å²) in [6.07, 6.45) is 8.92. The van der Waals surface area contributed by atoms with Crippen molar-refractivity contribution in [2.45, 2.75) is 96.6 Å². The molecular formula is C26H37N3O5S. The highest BCUT2D eigenvalue weighted by molar-refractivity contribution is 7.92. The Kier molecular flexibility index (Phi) is 6.92. The van der Waals surface area contributed by atoms with Crippen molar-refractivity contribution in [2.75, 3.05) is 11.9 Å². The van der Waals surface area contributed by atoms with Gasteiger partial charge in [-0.2, -0.15) is 0 Å². The monoisotopic (exact) mass is 503 g/mol. The molecule has 1 aliphatic heterocycles. The van der Waals surface area contributed by atoms with Crippen LogP contribution in [0, 0.1) is 0 Å². The number of urea groups is 1. The number of carbonyl (C=O) groups excluding carboxylic acids is 2. The van der Waals surface area contributed by atoms with Gasteiger partial charge in [0.05, 0.1) is 0 Å². The third-order valence-corrected chi connectivity index (χ3v) is 8.16. The lowest BCUT2D eigenvalue weighted by Crippen LogP contribution is -2.47. The van der Waals surface area contributed by atoms with Gasteiger partial charge in [-0.15, -0.1) is 0 Å². The van der Waals surface area contributed by atoms with E-state index in [1.807, 2.05) is 27.7 Å². The van der Waals surface area contributed by atoms with Crippen LogP contribution < -0.4 is 10.0 Å². The molecule has 0 saturated carbocycles. The molecule has 2 N–H and O–H groups in total. The van der Waals surface area contributed by atoms with E-state index in [9.17, 15) is 18.0 Å². The molecule has 1 aromatic rings. The number of sulfonamides is 1. The SMILES string of the molecule is CC(C)(C)OC(=O)N1CCC[C@]1(C)C/C=C/S(=O)(=O)NC(=O)Nc1c2c(cc3c1CCC3)CCC2. The van der Waals surface area contributed by atoms with E-state index < -0.39 is 33.3 Å². The molecule has 3 amide bonds. The van der Waals surface area contributed by atoms with Crippen molar-refractivity contribution >= 4 is 27.8 Å². The van der Waals surface area contributed by atoms with E-state index >= 15 is 0 Å². The molecular weight excluding hydrogens is 466 g/mol. The summed E-state index contributed by atoms with van der Waals surface area (Å²) in [4.78, 5) is 27.0. The summed E-state index contributed by atoms with van der Waals surface area (Å²) in [6.45, 7) is 7.95. The number of nitrogens with zero attached hydrogens (tertiary/aromatic N) is 1. The van der Waals surface area contributed by atoms with Crippen molar-refractivity contribution < 1.29 is 22.7 Å². The molecule has 1 atom stereocenters. The molecule has 0 bridgehead atoms. The summed E-state index contributed by atoms with van der Waals surface area (Å²) in [6, 6.07) is 1.52. The molecule has 192 valence electrons. The number of carbonyl (C=O) groups is 2. The number of nitrogens with one attached hydrogen (secondary N) is 2. The first-order chi connectivity index (χ1) is 16.4. The number of benzene rings is 1. The van der Waals surface area contributed by atoms with Crippen LogP contribution in [0.25, 0.3) is 0 Å². The number of anilines is 1. The summed E-state index contributed by atoms with van der Waals surface area (Å²) < 4.78 is 32.9. The van der Waals surface area contributed by atoms with E-state index in [1.54, 1.807) is 4.90 Å². The summed E-state index contributed by atoms with van der Waals surface area (Å²) >= 11 is 0. The van der Waals surface area contributed by atoms with Crippen LogP contribution in [0.3, 0.4) is 0 Å². The number of hydrogen-bond acceptors (Lipinski definition) is 5. The summed E-state index contributed by atoms with van der Waals surface area (Å²) in [5, 5.41) is 3.87. The molecule has 2 aliphatic carbocycles. The van der Waals surface area contributed by atoms with Crippen molar-refractivity contribution in [3.8, 4) is 0 Å². The van der Waals surface area contributed by atoms with Gasteiger partial charge in [0.2, 0.25) is 0 Å². The zero-order valence-electron chi connectivity index (χ0n) is 21.2. The second-order valence-corrected chi connectivity index (χ2v) is 12.7. The molecule has 0 spiro atoms. The van der Waals surface area contributed by atoms with Crippen molar-refractivity contribution in [3.05, 3.63) is 39.8 Å². The molecule has 0 aromatic heterocycles. The predicted octanol–water partition coefficient (Wildman–Crippen LogP) is 4.81. The van der Waals surface area contributed by atoms with Gasteiger partial charge in [0, 0.05) is 23.2 Å². The Morgan fingerprint density at radius 2 is 1.71 bits per heavy atom. The first-order valence-electron chi connectivity index (χ1n) is 12.5. The van der Waals surface area contributed by atoms with E-state index in [0.717, 1.165) is 73.6 Å². The van der Waals surface area contributed by atoms with E-state index in [-0.39, 0.29) is 0 Å². The van der Waals surface area contributed by atoms with Gasteiger partial charge in [-0.3, -0.25) is 0 Å². The summed E-state index contributed by atoms with van der Waals surface area (Å²) in [5.41, 5.74) is 4.48. The highest BCUT2D eigenvalue weighted by Crippen LogP contribution is 2.38. The molecule has 0 unspecified atom stereocenters. The number of ether oxygens (including phenoxy) is 1. The Morgan fingerprint density at radius 3 is 2.31 bits per heavy atom. The predicted molar refractivity (Wildman–Crippen MR) is 136 cm³/mol. The summed E-state index contributed by atoms with van der Waals surface area (Å²) in [5.74, 6) is 0. The Hall–Kier alpha value is -2.55. The molecule has 1 fully saturated rings. The number of amides is 3. The highest BCUT2D eigenvalue weighted by Gasteiger charge is 2.40. The van der Waals surface area contributed by atoms with Gasteiger partial charge in [-0.25, -0.2) is 22.7 Å². The molecule has 4 rings (SSSR count). The van der Waals surface area contributed by atoms with E-state index in [1.165, 1.54) is 17.2 Å². The second-order valence-electron chi connectivity index (χ2n) is 11.1. The minimum absolute atomic E-state index is 0.342. The first kappa shape index (κ1) is 25.5. The van der Waals surface area contributed by atoms with Gasteiger partial charge < -0.3 is 15.0 Å². The number of likely N-dealkylation sites (tertiary alicyclic amines) is 1. The first-order valence-corrected chi connectivity index (χ1v) is 14.1. The maximum Gasteiger partial charge on any atom is 0.410 e. The average Bonchev–Trinajstić information content (AvgIpc) is 3.45. The number of fused-ring (bicyclic) bond motifs is 2. The molecule has 35 heavy (non-hydrogen) atoms. The fourth-order valence-electron chi connectivity index (χ4n) is 5.56. The largest absolute Gasteiger partial charge is 0.444 e. The lowest BCUT2D eigenvalue weighted by Gasteiger charge is -2.35. The van der Waals surface area contributed by atoms with Crippen LogP contribution in [-0.2, 0) is 40.4 Å². The highest BCUT2D eigenvalue weighted by atomic mass is 32.2. The maximum absolute atomic E-state index is 12.7. The minimum atomic E-state index is -3.99. The van der Waals surface area contributed by atoms with Crippen LogP contribution >= 0.6 is 0 Å². The smallest absolute Gasteiger partial charge is 0.410 e. The summed E-state index contributed by atoms with van der Waals surface area (Å²) in [7, 11) is -3.99. The number of rotatable bonds is 5. The van der Waals surface area contributed by atoms with Gasteiger partial charge in [-0.05, 0) is 108 Å². The molecule has 1 heterocycles. The van der Waals surface area contributed by atoms with Gasteiger partial charge in [-0.1, -0.05) is 12.1 Å². The van der Waals surface area contributed by atoms with Crippen LogP contribution in [0.4, 0.5) is 15.3 Å². The Bertz CT molecular complexity index is 1120. The van der Waals surface area contributed by atoms with Gasteiger partial charge in [0.1, 0.15) is 5.60 Å². The maximum atomic E-state index is 12.7. The van der Waals surface area contributed by atoms with Crippen molar-refractivity contribution in [1.29, 1.82) is 0 Å². The molecule has 1 aromatic carbocycles. The van der Waals surface area contributed by atoms with E-state index in [2.05, 4.69) is 16.1 Å². The zero-order valence-corrected chi connectivity index (χ0v) is 22.0. The topological polar surface area (TPSA) is 105 Å². The minimum Gasteiger partial charge on any atom is -0.444 e. The lowest BCUT2D eigenvalue weighted by atomic mass is 9.95.